The highest BCUT2D eigenvalue weighted by atomic mass is 79.9. The Balaban J connectivity index is 1.32. The summed E-state index contributed by atoms with van der Waals surface area (Å²) in [6, 6.07) is 16.5. The van der Waals surface area contributed by atoms with Crippen LogP contribution in [0.1, 0.15) is 11.3 Å². The van der Waals surface area contributed by atoms with Crippen LogP contribution in [0.4, 0.5) is 10.5 Å². The fourth-order valence-electron chi connectivity index (χ4n) is 2.57. The van der Waals surface area contributed by atoms with Crippen LogP contribution < -0.4 is 10.7 Å². The van der Waals surface area contributed by atoms with E-state index in [1.807, 2.05) is 49.4 Å². The number of benzene rings is 2. The molecule has 2 aromatic carbocycles. The van der Waals surface area contributed by atoms with E-state index in [2.05, 4.69) is 41.7 Å². The van der Waals surface area contributed by atoms with Gasteiger partial charge in [0, 0.05) is 10.2 Å². The smallest absolute Gasteiger partial charge is 0.339 e. The first-order valence-corrected chi connectivity index (χ1v) is 10.3. The second kappa shape index (κ2) is 8.54. The summed E-state index contributed by atoms with van der Waals surface area (Å²) >= 11 is 4.80. The second-order valence-corrected chi connectivity index (χ2v) is 7.95. The lowest BCUT2D eigenvalue weighted by Crippen LogP contribution is -2.24. The molecule has 9 heteroatoms. The maximum atomic E-state index is 11.9. The van der Waals surface area contributed by atoms with Gasteiger partial charge in [0.25, 0.3) is 0 Å². The van der Waals surface area contributed by atoms with Crippen LogP contribution in [0.3, 0.4) is 0 Å². The summed E-state index contributed by atoms with van der Waals surface area (Å²) in [7, 11) is 0. The van der Waals surface area contributed by atoms with Gasteiger partial charge in [0.15, 0.2) is 10.2 Å². The first-order chi connectivity index (χ1) is 14.1. The highest BCUT2D eigenvalue weighted by Crippen LogP contribution is 2.28. The number of hydrazone groups is 1. The first-order valence-electron chi connectivity index (χ1n) is 8.65. The van der Waals surface area contributed by atoms with Crippen LogP contribution in [-0.2, 0) is 0 Å². The molecule has 3 N–H and O–H groups in total. The number of nitrogens with one attached hydrogen (secondary N) is 3. The molecule has 0 radical (unpaired) electrons. The van der Waals surface area contributed by atoms with Crippen LogP contribution in [0, 0.1) is 6.92 Å². The van der Waals surface area contributed by atoms with Crippen LogP contribution in [0.2, 0.25) is 0 Å². The Labute approximate surface area is 179 Å². The molecule has 7 nitrogen and oxygen atoms in total. The van der Waals surface area contributed by atoms with Gasteiger partial charge in [-0.05, 0) is 66.7 Å². The molecule has 146 valence electrons. The van der Waals surface area contributed by atoms with E-state index >= 15 is 0 Å². The number of aromatic nitrogens is 2. The van der Waals surface area contributed by atoms with E-state index < -0.39 is 6.03 Å². The first kappa shape index (κ1) is 19.3. The number of urea groups is 1. The number of hydrogen-bond donors (Lipinski definition) is 3. The van der Waals surface area contributed by atoms with Gasteiger partial charge in [-0.2, -0.15) is 5.10 Å². The number of H-pyrrole nitrogens is 1. The van der Waals surface area contributed by atoms with Crippen LogP contribution in [-0.4, -0.2) is 22.2 Å². The number of carbonyl (C=O) groups excluding carboxylic acids is 1. The van der Waals surface area contributed by atoms with E-state index in [0.29, 0.717) is 16.5 Å². The molecule has 2 amide bonds. The molecule has 0 aliphatic heterocycles. The van der Waals surface area contributed by atoms with Crippen molar-refractivity contribution in [3.8, 4) is 0 Å². The Morgan fingerprint density at radius 2 is 2.10 bits per heavy atom. The Bertz CT molecular complexity index is 1170. The van der Waals surface area contributed by atoms with E-state index in [4.69, 9.17) is 4.42 Å². The third kappa shape index (κ3) is 4.87. The molecule has 0 spiro atoms. The minimum atomic E-state index is -0.439. The Kier molecular flexibility index (Phi) is 5.68. The van der Waals surface area contributed by atoms with Gasteiger partial charge in [0.2, 0.25) is 0 Å². The number of halogens is 1. The number of anilines is 1. The Morgan fingerprint density at radius 1 is 1.24 bits per heavy atom. The van der Waals surface area contributed by atoms with Crippen LogP contribution >= 0.6 is 27.7 Å². The van der Waals surface area contributed by atoms with E-state index in [0.717, 1.165) is 26.2 Å². The zero-order chi connectivity index (χ0) is 20.2. The number of rotatable bonds is 5. The Hall–Kier alpha value is -3.04. The fraction of sp³-hybridized carbons (Fsp3) is 0.0500. The van der Waals surface area contributed by atoms with Gasteiger partial charge in [-0.15, -0.1) is 0 Å². The largest absolute Gasteiger partial charge is 0.448 e. The molecule has 0 unspecified atom stereocenters. The van der Waals surface area contributed by atoms with Crippen molar-refractivity contribution in [2.75, 3.05) is 5.32 Å². The summed E-state index contributed by atoms with van der Waals surface area (Å²) < 4.78 is 6.67. The van der Waals surface area contributed by atoms with Crippen LogP contribution in [0.5, 0.6) is 0 Å². The van der Waals surface area contributed by atoms with Gasteiger partial charge < -0.3 is 14.7 Å². The molecular weight excluding hydrogens is 454 g/mol. The number of amides is 2. The number of para-hydroxylation sites is 2. The minimum Gasteiger partial charge on any atom is -0.448 e. The molecule has 0 atom stereocenters. The lowest BCUT2D eigenvalue weighted by molar-refractivity contribution is 0.252. The summed E-state index contributed by atoms with van der Waals surface area (Å²) in [5.41, 5.74) is 5.99. The monoisotopic (exact) mass is 469 g/mol. The summed E-state index contributed by atoms with van der Waals surface area (Å²) in [5, 5.41) is 8.03. The molecule has 0 saturated heterocycles. The average molecular weight is 470 g/mol. The van der Waals surface area contributed by atoms with Crippen molar-refractivity contribution >= 4 is 56.7 Å². The minimum absolute atomic E-state index is 0.439. The molecule has 0 bridgehead atoms. The van der Waals surface area contributed by atoms with Gasteiger partial charge in [-0.1, -0.05) is 28.1 Å². The number of carbonyl (C=O) groups is 1. The third-order valence-corrected chi connectivity index (χ3v) is 5.64. The molecule has 2 heterocycles. The third-order valence-electron chi connectivity index (χ3n) is 3.94. The van der Waals surface area contributed by atoms with E-state index in [-0.39, 0.29) is 0 Å². The Morgan fingerprint density at radius 3 is 2.93 bits per heavy atom. The van der Waals surface area contributed by atoms with Crippen molar-refractivity contribution in [2.24, 2.45) is 5.10 Å². The van der Waals surface area contributed by atoms with Gasteiger partial charge >= 0.3 is 6.03 Å². The van der Waals surface area contributed by atoms with E-state index in [1.165, 1.54) is 18.0 Å². The second-order valence-electron chi connectivity index (χ2n) is 6.11. The number of aromatic amines is 1. The molecule has 2 aromatic heterocycles. The average Bonchev–Trinajstić information content (AvgIpc) is 3.31. The number of aryl methyl sites for hydroxylation is 1. The summed E-state index contributed by atoms with van der Waals surface area (Å²) in [4.78, 5) is 19.7. The van der Waals surface area contributed by atoms with E-state index in [1.54, 1.807) is 12.1 Å². The lowest BCUT2D eigenvalue weighted by Gasteiger charge is -2.05. The molecule has 29 heavy (non-hydrogen) atoms. The van der Waals surface area contributed by atoms with Crippen molar-refractivity contribution < 1.29 is 9.21 Å². The maximum Gasteiger partial charge on any atom is 0.339 e. The summed E-state index contributed by atoms with van der Waals surface area (Å²) in [5.74, 6) is 0.517. The number of fused-ring (bicyclic) bond motifs is 1. The van der Waals surface area contributed by atoms with Crippen molar-refractivity contribution in [1.29, 1.82) is 0 Å². The highest BCUT2D eigenvalue weighted by Gasteiger charge is 2.08. The molecule has 0 aliphatic rings. The molecule has 0 fully saturated rings. The maximum absolute atomic E-state index is 11.9. The van der Waals surface area contributed by atoms with E-state index in [9.17, 15) is 4.79 Å². The summed E-state index contributed by atoms with van der Waals surface area (Å²) in [6.45, 7) is 1.95. The number of nitrogens with zero attached hydrogens (tertiary/aromatic N) is 2. The van der Waals surface area contributed by atoms with Gasteiger partial charge in [0.1, 0.15) is 5.76 Å². The molecule has 4 rings (SSSR count). The van der Waals surface area contributed by atoms with Crippen molar-refractivity contribution in [2.45, 2.75) is 17.2 Å². The van der Waals surface area contributed by atoms with Crippen molar-refractivity contribution in [3.05, 3.63) is 70.4 Å². The lowest BCUT2D eigenvalue weighted by atomic mass is 10.2. The highest BCUT2D eigenvalue weighted by molar-refractivity contribution is 9.10. The van der Waals surface area contributed by atoms with Gasteiger partial charge in [-0.25, -0.2) is 15.2 Å². The summed E-state index contributed by atoms with van der Waals surface area (Å²) in [6.07, 6.45) is 1.44. The normalized spacial score (nSPS) is 11.2. The zero-order valence-electron chi connectivity index (χ0n) is 15.3. The quantitative estimate of drug-likeness (QED) is 0.264. The van der Waals surface area contributed by atoms with Crippen LogP contribution in [0.15, 0.2) is 78.8 Å². The predicted octanol–water partition coefficient (Wildman–Crippen LogP) is 5.53. The SMILES string of the molecule is Cc1cc(NC(=O)N/N=C/c2ccc(Sc3nc4ccccc4[nH]3)o2)ccc1Br. The predicted molar refractivity (Wildman–Crippen MR) is 118 cm³/mol. The van der Waals surface area contributed by atoms with Crippen molar-refractivity contribution in [1.82, 2.24) is 15.4 Å². The van der Waals surface area contributed by atoms with Gasteiger partial charge in [0.05, 0.1) is 17.2 Å². The molecule has 0 saturated carbocycles. The number of furan rings is 1. The number of imidazole rings is 1. The van der Waals surface area contributed by atoms with Crippen LogP contribution in [0.25, 0.3) is 11.0 Å². The molecule has 0 aliphatic carbocycles. The zero-order valence-corrected chi connectivity index (χ0v) is 17.7. The topological polar surface area (TPSA) is 95.3 Å². The molecule has 4 aromatic rings. The standard InChI is InChI=1S/C20H16BrN5O2S/c1-12-10-13(6-8-15(12)21)23-19(27)26-22-11-14-7-9-18(28-14)29-20-24-16-4-2-3-5-17(16)25-20/h2-11H,1H3,(H,24,25)(H2,23,26,27)/b22-11+. The van der Waals surface area contributed by atoms with Gasteiger partial charge in [-0.3, -0.25) is 0 Å². The fourth-order valence-corrected chi connectivity index (χ4v) is 3.58. The number of hydrogen-bond acceptors (Lipinski definition) is 5. The molecular formula is C20H16BrN5O2S. The van der Waals surface area contributed by atoms with Crippen molar-refractivity contribution in [3.63, 3.8) is 0 Å².